The Bertz CT molecular complexity index is 1150. The number of rotatable bonds is 3. The van der Waals surface area contributed by atoms with Crippen LogP contribution in [0.25, 0.3) is 11.0 Å². The molecular weight excluding hydrogens is 532 g/mol. The number of aliphatic carboxylic acids is 1. The number of hydrogen-bond acceptors (Lipinski definition) is 6. The minimum atomic E-state index is -1.09. The first-order chi connectivity index (χ1) is 13.5. The van der Waals surface area contributed by atoms with Crippen LogP contribution in [0.5, 0.6) is 0 Å². The second-order valence-corrected chi connectivity index (χ2v) is 10.8. The molecule has 0 radical (unpaired) electrons. The number of carbonyl (C=O) groups excluding carboxylic acids is 2. The molecule has 0 spiro atoms. The van der Waals surface area contributed by atoms with Crippen molar-refractivity contribution in [2.75, 3.05) is 0 Å². The molecule has 11 heteroatoms. The molecule has 3 unspecified atom stereocenters. The van der Waals surface area contributed by atoms with Crippen LogP contribution in [0.15, 0.2) is 36.4 Å². The summed E-state index contributed by atoms with van der Waals surface area (Å²) < 4.78 is 5.85. The van der Waals surface area contributed by atoms with Crippen LogP contribution < -0.4 is 10.9 Å². The van der Waals surface area contributed by atoms with Crippen LogP contribution in [0.3, 0.4) is 0 Å². The Labute approximate surface area is 185 Å². The molecule has 29 heavy (non-hydrogen) atoms. The molecule has 2 aliphatic rings. The molecule has 1 aromatic carbocycles. The minimum Gasteiger partial charge on any atom is -0.480 e. The Hall–Kier alpha value is -1.85. The molecule has 152 valence electrons. The van der Waals surface area contributed by atoms with E-state index >= 15 is 0 Å². The molecule has 2 saturated heterocycles. The first-order valence-corrected chi connectivity index (χ1v) is 10.9. The predicted octanol–water partition coefficient (Wildman–Crippen LogP) is 2.56. The van der Waals surface area contributed by atoms with Crippen LogP contribution in [-0.4, -0.2) is 50.0 Å². The highest BCUT2D eigenvalue weighted by Crippen LogP contribution is 2.50. The zero-order chi connectivity index (χ0) is 21.2. The van der Waals surface area contributed by atoms with E-state index in [0.717, 1.165) is 4.47 Å². The summed E-state index contributed by atoms with van der Waals surface area (Å²) in [6.45, 7) is 3.49. The number of carbonyl (C=O) groups is 3. The Kier molecular flexibility index (Phi) is 4.82. The van der Waals surface area contributed by atoms with Crippen LogP contribution in [0.4, 0.5) is 0 Å². The van der Waals surface area contributed by atoms with Crippen molar-refractivity contribution in [2.45, 2.75) is 36.1 Å². The summed E-state index contributed by atoms with van der Waals surface area (Å²) in [5.74, 6) is -2.31. The Balaban J connectivity index is 1.61. The largest absolute Gasteiger partial charge is 0.480 e. The van der Waals surface area contributed by atoms with Crippen LogP contribution in [-0.2, 0) is 9.59 Å². The quantitative estimate of drug-likeness (QED) is 0.449. The maximum Gasteiger partial charge on any atom is 0.349 e. The Morgan fingerprint density at radius 2 is 1.93 bits per heavy atom. The molecule has 1 aromatic heterocycles. The van der Waals surface area contributed by atoms with Gasteiger partial charge in [-0.1, -0.05) is 15.9 Å². The summed E-state index contributed by atoms with van der Waals surface area (Å²) in [5.41, 5.74) is -0.756. The molecule has 4 rings (SSSR count). The molecule has 2 aromatic rings. The van der Waals surface area contributed by atoms with Crippen LogP contribution in [0, 0.1) is 0 Å². The summed E-state index contributed by atoms with van der Waals surface area (Å²) >= 11 is 7.96. The Morgan fingerprint density at radius 1 is 1.24 bits per heavy atom. The molecule has 2 amide bonds. The number of thioether (sulfide) groups is 1. The van der Waals surface area contributed by atoms with Gasteiger partial charge in [-0.3, -0.25) is 9.59 Å². The van der Waals surface area contributed by atoms with E-state index in [2.05, 4.69) is 37.2 Å². The zero-order valence-electron chi connectivity index (χ0n) is 15.1. The van der Waals surface area contributed by atoms with Crippen LogP contribution in [0.2, 0.25) is 0 Å². The lowest BCUT2D eigenvalue weighted by Gasteiger charge is -2.43. The number of carboxylic acid groups (broad SMARTS) is 1. The lowest BCUT2D eigenvalue weighted by molar-refractivity contribution is -0.159. The minimum absolute atomic E-state index is 0.231. The fraction of sp³-hybridized carbons (Fsp3) is 0.333. The van der Waals surface area contributed by atoms with E-state index in [4.69, 9.17) is 4.42 Å². The highest BCUT2D eigenvalue weighted by Gasteiger charge is 2.64. The van der Waals surface area contributed by atoms with Gasteiger partial charge in [-0.2, -0.15) is 0 Å². The third-order valence-corrected chi connectivity index (χ3v) is 7.58. The van der Waals surface area contributed by atoms with E-state index in [1.807, 2.05) is 0 Å². The van der Waals surface area contributed by atoms with Gasteiger partial charge in [0, 0.05) is 14.6 Å². The summed E-state index contributed by atoms with van der Waals surface area (Å²) in [5, 5.41) is 12.0. The lowest BCUT2D eigenvalue weighted by atomic mass is 9.96. The van der Waals surface area contributed by atoms with Gasteiger partial charge >= 0.3 is 11.6 Å². The van der Waals surface area contributed by atoms with Gasteiger partial charge in [0.05, 0.1) is 4.47 Å². The number of nitrogens with zero attached hydrogens (tertiary/aromatic N) is 1. The normalized spacial score (nSPS) is 24.9. The molecule has 2 fully saturated rings. The van der Waals surface area contributed by atoms with Gasteiger partial charge in [0.2, 0.25) is 5.91 Å². The summed E-state index contributed by atoms with van der Waals surface area (Å²) in [6, 6.07) is 2.94. The highest BCUT2D eigenvalue weighted by molar-refractivity contribution is 9.11. The van der Waals surface area contributed by atoms with Gasteiger partial charge in [0.1, 0.15) is 23.0 Å². The van der Waals surface area contributed by atoms with E-state index < -0.39 is 45.6 Å². The van der Waals surface area contributed by atoms with Gasteiger partial charge in [-0.25, -0.2) is 9.59 Å². The smallest absolute Gasteiger partial charge is 0.349 e. The van der Waals surface area contributed by atoms with Crippen molar-refractivity contribution in [3.63, 3.8) is 0 Å². The van der Waals surface area contributed by atoms with Crippen LogP contribution >= 0.6 is 43.6 Å². The average molecular weight is 546 g/mol. The second-order valence-electron chi connectivity index (χ2n) is 7.30. The van der Waals surface area contributed by atoms with Crippen molar-refractivity contribution in [2.24, 2.45) is 0 Å². The monoisotopic (exact) mass is 544 g/mol. The van der Waals surface area contributed by atoms with Gasteiger partial charge < -0.3 is 19.7 Å². The summed E-state index contributed by atoms with van der Waals surface area (Å²) in [4.78, 5) is 50.4. The van der Waals surface area contributed by atoms with Crippen molar-refractivity contribution in [3.8, 4) is 0 Å². The average Bonchev–Trinajstić information content (AvgIpc) is 2.87. The number of nitrogens with one attached hydrogen (secondary N) is 1. The van der Waals surface area contributed by atoms with Crippen molar-refractivity contribution >= 4 is 72.4 Å². The molecule has 0 saturated carbocycles. The number of carboxylic acids is 1. The van der Waals surface area contributed by atoms with Crippen LogP contribution in [0.1, 0.15) is 24.2 Å². The zero-order valence-corrected chi connectivity index (χ0v) is 19.1. The van der Waals surface area contributed by atoms with Crippen molar-refractivity contribution < 1.29 is 23.9 Å². The maximum atomic E-state index is 12.7. The summed E-state index contributed by atoms with van der Waals surface area (Å²) in [7, 11) is 0. The molecule has 2 N–H and O–H groups in total. The van der Waals surface area contributed by atoms with E-state index in [-0.39, 0.29) is 5.56 Å². The predicted molar refractivity (Wildman–Crippen MR) is 113 cm³/mol. The maximum absolute atomic E-state index is 12.7. The second kappa shape index (κ2) is 6.85. The highest BCUT2D eigenvalue weighted by atomic mass is 79.9. The van der Waals surface area contributed by atoms with Gasteiger partial charge in [0.25, 0.3) is 5.91 Å². The molecule has 8 nitrogen and oxygen atoms in total. The van der Waals surface area contributed by atoms with Crippen molar-refractivity contribution in [3.05, 3.63) is 43.1 Å². The first-order valence-electron chi connectivity index (χ1n) is 8.48. The lowest BCUT2D eigenvalue weighted by Crippen LogP contribution is -2.70. The molecule has 2 aliphatic heterocycles. The first kappa shape index (κ1) is 20.4. The standard InChI is InChI=1S/C18H14Br2N2O6S/c1-18(2)12(16(25)26)22-14(24)10(15(22)29-18)21-13(23)8-4-6-3-7(19)5-9(20)11(6)28-17(8)27/h3-5,10,12,15H,1-2H3,(H,21,23)(H,25,26). The number of amides is 2. The molecule has 3 atom stereocenters. The van der Waals surface area contributed by atoms with Gasteiger partial charge in [-0.15, -0.1) is 11.8 Å². The van der Waals surface area contributed by atoms with E-state index in [0.29, 0.717) is 15.4 Å². The van der Waals surface area contributed by atoms with E-state index in [1.54, 1.807) is 26.0 Å². The van der Waals surface area contributed by atoms with Crippen molar-refractivity contribution in [1.29, 1.82) is 0 Å². The number of β-lactam (4-membered cyclic amide) rings is 1. The number of fused-ring (bicyclic) bond motifs is 2. The SMILES string of the molecule is CC1(C)SC2C(NC(=O)c3cc4cc(Br)cc(Br)c4oc3=O)C(=O)N2C1C(=O)O. The van der Waals surface area contributed by atoms with Gasteiger partial charge in [-0.05, 0) is 48.0 Å². The molecule has 3 heterocycles. The third-order valence-electron chi connectivity index (χ3n) is 4.96. The van der Waals surface area contributed by atoms with E-state index in [9.17, 15) is 24.3 Å². The summed E-state index contributed by atoms with van der Waals surface area (Å²) in [6.07, 6.45) is 0. The number of halogens is 2. The molecular formula is C18H14Br2N2O6S. The topological polar surface area (TPSA) is 117 Å². The number of benzene rings is 1. The Morgan fingerprint density at radius 3 is 2.59 bits per heavy atom. The van der Waals surface area contributed by atoms with Gasteiger partial charge in [0.15, 0.2) is 5.58 Å². The van der Waals surface area contributed by atoms with E-state index in [1.165, 1.54) is 22.7 Å². The molecule has 0 aliphatic carbocycles. The third kappa shape index (κ3) is 3.19. The number of hydrogen-bond donors (Lipinski definition) is 2. The van der Waals surface area contributed by atoms with Crippen molar-refractivity contribution in [1.82, 2.24) is 10.2 Å². The molecule has 0 bridgehead atoms. The fourth-order valence-electron chi connectivity index (χ4n) is 3.68. The fourth-order valence-corrected chi connectivity index (χ4v) is 6.64.